The summed E-state index contributed by atoms with van der Waals surface area (Å²) in [5.74, 6) is 0.448. The largest absolute Gasteiger partial charge is 0.454 e. The minimum Gasteiger partial charge on any atom is -0.454 e. The van der Waals surface area contributed by atoms with Gasteiger partial charge in [0.2, 0.25) is 0 Å². The molecule has 0 aliphatic carbocycles. The molecule has 6 nitrogen and oxygen atoms in total. The van der Waals surface area contributed by atoms with Gasteiger partial charge in [-0.2, -0.15) is 5.26 Å². The number of nitrogens with one attached hydrogen (secondary N) is 1. The third-order valence-electron chi connectivity index (χ3n) is 4.27. The van der Waals surface area contributed by atoms with Crippen molar-refractivity contribution in [1.82, 2.24) is 5.48 Å². The molecule has 0 fully saturated rings. The molecule has 3 aromatic carbocycles. The van der Waals surface area contributed by atoms with Crippen LogP contribution in [0, 0.1) is 11.3 Å². The second-order valence-electron chi connectivity index (χ2n) is 5.86. The summed E-state index contributed by atoms with van der Waals surface area (Å²) in [7, 11) is 0. The number of benzene rings is 3. The van der Waals surface area contributed by atoms with Crippen LogP contribution in [0.5, 0.6) is 11.5 Å². The molecule has 0 unspecified atom stereocenters. The van der Waals surface area contributed by atoms with Crippen LogP contribution in [0.1, 0.15) is 21.5 Å². The van der Waals surface area contributed by atoms with Crippen LogP contribution < -0.4 is 10.2 Å². The number of hydroxylamine groups is 1. The van der Waals surface area contributed by atoms with Gasteiger partial charge in [0, 0.05) is 23.4 Å². The summed E-state index contributed by atoms with van der Waals surface area (Å²) in [6, 6.07) is 19.6. The zero-order valence-electron chi connectivity index (χ0n) is 14.0. The predicted octanol–water partition coefficient (Wildman–Crippen LogP) is 4.20. The van der Waals surface area contributed by atoms with Crippen molar-refractivity contribution in [2.24, 2.45) is 4.99 Å². The van der Waals surface area contributed by atoms with Crippen LogP contribution in [-0.2, 0) is 0 Å². The van der Waals surface area contributed by atoms with Gasteiger partial charge in [0.05, 0.1) is 11.6 Å². The van der Waals surface area contributed by atoms with Crippen LogP contribution in [0.15, 0.2) is 65.7 Å². The number of carbonyl (C=O) groups excluding carboxylic acids is 1. The number of nitrogens with zero attached hydrogens (tertiary/aromatic N) is 2. The normalized spacial score (nSPS) is 11.4. The summed E-state index contributed by atoms with van der Waals surface area (Å²) in [6.45, 7) is 0. The van der Waals surface area contributed by atoms with E-state index in [1.54, 1.807) is 54.2 Å². The average molecular weight is 355 g/mol. The highest BCUT2D eigenvalue weighted by atomic mass is 16.5. The van der Waals surface area contributed by atoms with Crippen molar-refractivity contribution in [2.75, 3.05) is 0 Å². The average Bonchev–Trinajstić information content (AvgIpc) is 2.91. The SMILES string of the molecule is N#Cc1ccc2c(c1)Oc1cccc(-c3ccccc3C(=O)NO)c1C=N2. The fourth-order valence-corrected chi connectivity index (χ4v) is 3.00. The second kappa shape index (κ2) is 6.75. The third-order valence-corrected chi connectivity index (χ3v) is 4.27. The number of amides is 1. The number of carbonyl (C=O) groups is 1. The van der Waals surface area contributed by atoms with E-state index < -0.39 is 5.91 Å². The summed E-state index contributed by atoms with van der Waals surface area (Å²) in [5.41, 5.74) is 5.17. The van der Waals surface area contributed by atoms with Crippen LogP contribution in [-0.4, -0.2) is 17.3 Å². The predicted molar refractivity (Wildman–Crippen MR) is 99.6 cm³/mol. The van der Waals surface area contributed by atoms with E-state index in [1.807, 2.05) is 18.2 Å². The molecular formula is C21H13N3O3. The lowest BCUT2D eigenvalue weighted by atomic mass is 9.95. The Morgan fingerprint density at radius 1 is 1.04 bits per heavy atom. The number of nitriles is 1. The number of fused-ring (bicyclic) bond motifs is 2. The smallest absolute Gasteiger partial charge is 0.275 e. The topological polar surface area (TPSA) is 94.7 Å². The van der Waals surface area contributed by atoms with Crippen LogP contribution in [0.3, 0.4) is 0 Å². The van der Waals surface area contributed by atoms with E-state index in [2.05, 4.69) is 11.1 Å². The van der Waals surface area contributed by atoms with E-state index in [0.717, 1.165) is 5.56 Å². The molecule has 0 spiro atoms. The first-order valence-corrected chi connectivity index (χ1v) is 8.14. The molecule has 0 radical (unpaired) electrons. The highest BCUT2D eigenvalue weighted by Gasteiger charge is 2.19. The van der Waals surface area contributed by atoms with Crippen molar-refractivity contribution in [3.05, 3.63) is 77.4 Å². The Morgan fingerprint density at radius 2 is 1.85 bits per heavy atom. The van der Waals surface area contributed by atoms with Crippen molar-refractivity contribution in [2.45, 2.75) is 0 Å². The number of ether oxygens (including phenoxy) is 1. The molecular weight excluding hydrogens is 342 g/mol. The molecule has 2 N–H and O–H groups in total. The fourth-order valence-electron chi connectivity index (χ4n) is 3.00. The number of hydrogen-bond donors (Lipinski definition) is 2. The molecule has 1 aliphatic heterocycles. The second-order valence-corrected chi connectivity index (χ2v) is 5.86. The summed E-state index contributed by atoms with van der Waals surface area (Å²) in [6.07, 6.45) is 1.68. The first-order chi connectivity index (χ1) is 13.2. The first-order valence-electron chi connectivity index (χ1n) is 8.14. The van der Waals surface area contributed by atoms with Crippen molar-refractivity contribution < 1.29 is 14.7 Å². The van der Waals surface area contributed by atoms with E-state index in [9.17, 15) is 4.79 Å². The van der Waals surface area contributed by atoms with E-state index >= 15 is 0 Å². The lowest BCUT2D eigenvalue weighted by Crippen LogP contribution is -2.19. The van der Waals surface area contributed by atoms with Gasteiger partial charge in [-0.15, -0.1) is 0 Å². The molecule has 6 heteroatoms. The zero-order valence-corrected chi connectivity index (χ0v) is 14.0. The van der Waals surface area contributed by atoms with Gasteiger partial charge in [-0.25, -0.2) is 5.48 Å². The van der Waals surface area contributed by atoms with E-state index in [4.69, 9.17) is 15.2 Å². The minimum absolute atomic E-state index is 0.329. The standard InChI is InChI=1S/C21H13N3O3/c22-11-13-8-9-18-20(10-13)27-19-7-3-6-15(17(19)12-23-18)14-4-1-2-5-16(14)21(25)24-26/h1-10,12,26H,(H,24,25). The lowest BCUT2D eigenvalue weighted by molar-refractivity contribution is 0.0707. The Morgan fingerprint density at radius 3 is 2.67 bits per heavy atom. The van der Waals surface area contributed by atoms with Crippen molar-refractivity contribution in [1.29, 1.82) is 5.26 Å². The molecule has 0 aromatic heterocycles. The molecule has 1 heterocycles. The van der Waals surface area contributed by atoms with Gasteiger partial charge in [0.15, 0.2) is 5.75 Å². The highest BCUT2D eigenvalue weighted by molar-refractivity contribution is 6.04. The van der Waals surface area contributed by atoms with Crippen molar-refractivity contribution in [3.63, 3.8) is 0 Å². The number of aliphatic imine (C=N–C) groups is 1. The molecule has 0 saturated carbocycles. The molecule has 0 saturated heterocycles. The molecule has 1 aliphatic rings. The zero-order chi connectivity index (χ0) is 18.8. The van der Waals surface area contributed by atoms with Gasteiger partial charge in [-0.05, 0) is 35.4 Å². The molecule has 130 valence electrons. The molecule has 3 aromatic rings. The quantitative estimate of drug-likeness (QED) is 0.416. The third kappa shape index (κ3) is 2.92. The van der Waals surface area contributed by atoms with Crippen LogP contribution >= 0.6 is 0 Å². The Labute approximate surface area is 154 Å². The Kier molecular flexibility index (Phi) is 4.13. The minimum atomic E-state index is -0.600. The van der Waals surface area contributed by atoms with E-state index in [-0.39, 0.29) is 0 Å². The summed E-state index contributed by atoms with van der Waals surface area (Å²) in [5, 5.41) is 18.1. The van der Waals surface area contributed by atoms with E-state index in [1.165, 1.54) is 0 Å². The maximum absolute atomic E-state index is 12.0. The maximum Gasteiger partial charge on any atom is 0.275 e. The van der Waals surface area contributed by atoms with Crippen LogP contribution in [0.25, 0.3) is 11.1 Å². The molecule has 0 bridgehead atoms. The van der Waals surface area contributed by atoms with Gasteiger partial charge in [0.25, 0.3) is 5.91 Å². The lowest BCUT2D eigenvalue weighted by Gasteiger charge is -2.13. The van der Waals surface area contributed by atoms with Gasteiger partial charge in [-0.3, -0.25) is 15.0 Å². The van der Waals surface area contributed by atoms with Crippen LogP contribution in [0.4, 0.5) is 5.69 Å². The van der Waals surface area contributed by atoms with Crippen LogP contribution in [0.2, 0.25) is 0 Å². The molecule has 4 rings (SSSR count). The van der Waals surface area contributed by atoms with Crippen molar-refractivity contribution >= 4 is 17.8 Å². The monoisotopic (exact) mass is 355 g/mol. The number of hydrogen-bond acceptors (Lipinski definition) is 5. The van der Waals surface area contributed by atoms with Crippen molar-refractivity contribution in [3.8, 4) is 28.7 Å². The molecule has 27 heavy (non-hydrogen) atoms. The Hall–Kier alpha value is -3.95. The molecule has 0 atom stereocenters. The van der Waals surface area contributed by atoms with Gasteiger partial charge >= 0.3 is 0 Å². The van der Waals surface area contributed by atoms with Gasteiger partial charge in [0.1, 0.15) is 11.4 Å². The fraction of sp³-hybridized carbons (Fsp3) is 0. The summed E-state index contributed by atoms with van der Waals surface area (Å²) >= 11 is 0. The summed E-state index contributed by atoms with van der Waals surface area (Å²) in [4.78, 5) is 16.5. The van der Waals surface area contributed by atoms with E-state index in [0.29, 0.717) is 39.4 Å². The highest BCUT2D eigenvalue weighted by Crippen LogP contribution is 2.40. The maximum atomic E-state index is 12.0. The van der Waals surface area contributed by atoms with Gasteiger partial charge in [-0.1, -0.05) is 30.3 Å². The Balaban J connectivity index is 1.88. The van der Waals surface area contributed by atoms with Gasteiger partial charge < -0.3 is 4.74 Å². The first kappa shape index (κ1) is 16.5. The molecule has 1 amide bonds. The number of rotatable bonds is 2. The Bertz CT molecular complexity index is 1130. The summed E-state index contributed by atoms with van der Waals surface area (Å²) < 4.78 is 6.01.